The summed E-state index contributed by atoms with van der Waals surface area (Å²) in [5.74, 6) is 6.34. The van der Waals surface area contributed by atoms with Crippen LogP contribution in [-0.4, -0.2) is 6.04 Å². The summed E-state index contributed by atoms with van der Waals surface area (Å²) in [4.78, 5) is 2.40. The first-order valence-corrected chi connectivity index (χ1v) is 6.47. The molecule has 2 N–H and O–H groups in total. The Morgan fingerprint density at radius 3 is 2.59 bits per heavy atom. The standard InChI is InChI=1S/C15H15NS/c1-12(16)11-15-10-9-14(17-15)8-7-13-5-3-2-4-6-13/h2-6,9-10,12H,11,16H2,1H3. The van der Waals surface area contributed by atoms with E-state index in [2.05, 4.69) is 24.0 Å². The lowest BCUT2D eigenvalue weighted by Gasteiger charge is -1.99. The molecule has 17 heavy (non-hydrogen) atoms. The minimum Gasteiger partial charge on any atom is -0.328 e. The third-order valence-corrected chi connectivity index (χ3v) is 3.31. The topological polar surface area (TPSA) is 26.0 Å². The van der Waals surface area contributed by atoms with Crippen LogP contribution in [0.2, 0.25) is 0 Å². The van der Waals surface area contributed by atoms with E-state index >= 15 is 0 Å². The lowest BCUT2D eigenvalue weighted by atomic mass is 10.2. The summed E-state index contributed by atoms with van der Waals surface area (Å²) < 4.78 is 0. The maximum atomic E-state index is 5.77. The lowest BCUT2D eigenvalue weighted by molar-refractivity contribution is 0.746. The molecule has 0 spiro atoms. The largest absolute Gasteiger partial charge is 0.328 e. The maximum Gasteiger partial charge on any atom is 0.0775 e. The zero-order valence-electron chi connectivity index (χ0n) is 9.81. The first-order chi connectivity index (χ1) is 8.24. The molecule has 0 saturated carbocycles. The van der Waals surface area contributed by atoms with Gasteiger partial charge in [-0.3, -0.25) is 0 Å². The third kappa shape index (κ3) is 3.74. The van der Waals surface area contributed by atoms with Gasteiger partial charge < -0.3 is 5.73 Å². The molecule has 0 radical (unpaired) electrons. The second-order valence-corrected chi connectivity index (χ2v) is 5.23. The molecule has 2 aromatic rings. The van der Waals surface area contributed by atoms with Gasteiger partial charge in [0.15, 0.2) is 0 Å². The first-order valence-electron chi connectivity index (χ1n) is 5.65. The predicted molar refractivity (Wildman–Crippen MR) is 74.1 cm³/mol. The molecule has 2 heteroatoms. The highest BCUT2D eigenvalue weighted by Gasteiger charge is 2.00. The number of rotatable bonds is 2. The van der Waals surface area contributed by atoms with Crippen LogP contribution < -0.4 is 5.73 Å². The van der Waals surface area contributed by atoms with Gasteiger partial charge in [-0.15, -0.1) is 11.3 Å². The predicted octanol–water partition coefficient (Wildman–Crippen LogP) is 3.04. The zero-order valence-corrected chi connectivity index (χ0v) is 10.6. The molecule has 0 saturated heterocycles. The van der Waals surface area contributed by atoms with Crippen molar-refractivity contribution in [1.82, 2.24) is 0 Å². The first kappa shape index (κ1) is 11.9. The average Bonchev–Trinajstić information content (AvgIpc) is 2.75. The van der Waals surface area contributed by atoms with Crippen LogP contribution in [-0.2, 0) is 6.42 Å². The Labute approximate surface area is 106 Å². The van der Waals surface area contributed by atoms with E-state index in [1.54, 1.807) is 11.3 Å². The quantitative estimate of drug-likeness (QED) is 0.804. The number of benzene rings is 1. The molecular weight excluding hydrogens is 226 g/mol. The van der Waals surface area contributed by atoms with Gasteiger partial charge in [0.25, 0.3) is 0 Å². The Hall–Kier alpha value is -1.56. The Morgan fingerprint density at radius 1 is 1.12 bits per heavy atom. The van der Waals surface area contributed by atoms with Gasteiger partial charge in [0.2, 0.25) is 0 Å². The van der Waals surface area contributed by atoms with Gasteiger partial charge in [0.05, 0.1) is 4.88 Å². The zero-order chi connectivity index (χ0) is 12.1. The SMILES string of the molecule is CC(N)Cc1ccc(C#Cc2ccccc2)s1. The second-order valence-electron chi connectivity index (χ2n) is 4.06. The van der Waals surface area contributed by atoms with Gasteiger partial charge in [-0.25, -0.2) is 0 Å². The molecule has 0 aliphatic carbocycles. The molecule has 0 amide bonds. The summed E-state index contributed by atoms with van der Waals surface area (Å²) in [7, 11) is 0. The molecule has 1 aromatic carbocycles. The van der Waals surface area contributed by atoms with E-state index in [4.69, 9.17) is 5.73 Å². The molecule has 1 nitrogen and oxygen atoms in total. The number of hydrogen-bond acceptors (Lipinski definition) is 2. The normalized spacial score (nSPS) is 11.6. The fourth-order valence-electron chi connectivity index (χ4n) is 1.53. The van der Waals surface area contributed by atoms with Gasteiger partial charge in [-0.1, -0.05) is 30.0 Å². The fraction of sp³-hybridized carbons (Fsp3) is 0.200. The summed E-state index contributed by atoms with van der Waals surface area (Å²) in [5, 5.41) is 0. The maximum absolute atomic E-state index is 5.77. The van der Waals surface area contributed by atoms with Crippen molar-refractivity contribution in [2.45, 2.75) is 19.4 Å². The Morgan fingerprint density at radius 2 is 1.88 bits per heavy atom. The van der Waals surface area contributed by atoms with E-state index in [-0.39, 0.29) is 6.04 Å². The highest BCUT2D eigenvalue weighted by molar-refractivity contribution is 7.12. The Bertz CT molecular complexity index is 529. The van der Waals surface area contributed by atoms with Crippen LogP contribution in [0.4, 0.5) is 0 Å². The minimum absolute atomic E-state index is 0.212. The smallest absolute Gasteiger partial charge is 0.0775 e. The molecule has 0 aliphatic rings. The van der Waals surface area contributed by atoms with Crippen LogP contribution in [0.5, 0.6) is 0 Å². The molecule has 0 fully saturated rings. The summed E-state index contributed by atoms with van der Waals surface area (Å²) in [5.41, 5.74) is 6.82. The van der Waals surface area contributed by atoms with Crippen molar-refractivity contribution >= 4 is 11.3 Å². The van der Waals surface area contributed by atoms with Crippen molar-refractivity contribution < 1.29 is 0 Å². The second kappa shape index (κ2) is 5.67. The van der Waals surface area contributed by atoms with E-state index in [0.29, 0.717) is 0 Å². The molecule has 0 bridgehead atoms. The van der Waals surface area contributed by atoms with Gasteiger partial charge in [0.1, 0.15) is 0 Å². The van der Waals surface area contributed by atoms with Crippen LogP contribution in [0.25, 0.3) is 0 Å². The minimum atomic E-state index is 0.212. The van der Waals surface area contributed by atoms with Crippen molar-refractivity contribution in [3.8, 4) is 11.8 Å². The van der Waals surface area contributed by atoms with Crippen molar-refractivity contribution in [1.29, 1.82) is 0 Å². The van der Waals surface area contributed by atoms with Crippen molar-refractivity contribution in [3.63, 3.8) is 0 Å². The van der Waals surface area contributed by atoms with E-state index in [1.165, 1.54) is 4.88 Å². The van der Waals surface area contributed by atoms with Crippen molar-refractivity contribution in [2.24, 2.45) is 5.73 Å². The summed E-state index contributed by atoms with van der Waals surface area (Å²) in [6.45, 7) is 2.02. The molecular formula is C15H15NS. The van der Waals surface area contributed by atoms with Gasteiger partial charge in [-0.2, -0.15) is 0 Å². The summed E-state index contributed by atoms with van der Waals surface area (Å²) in [6, 6.07) is 14.4. The highest BCUT2D eigenvalue weighted by Crippen LogP contribution is 2.16. The molecule has 1 heterocycles. The van der Waals surface area contributed by atoms with Gasteiger partial charge >= 0.3 is 0 Å². The fourth-order valence-corrected chi connectivity index (χ4v) is 2.53. The molecule has 2 rings (SSSR count). The van der Waals surface area contributed by atoms with Crippen molar-refractivity contribution in [2.75, 3.05) is 0 Å². The summed E-state index contributed by atoms with van der Waals surface area (Å²) in [6.07, 6.45) is 0.928. The van der Waals surface area contributed by atoms with E-state index < -0.39 is 0 Å². The monoisotopic (exact) mass is 241 g/mol. The van der Waals surface area contributed by atoms with Crippen LogP contribution in [0.15, 0.2) is 42.5 Å². The van der Waals surface area contributed by atoms with Crippen molar-refractivity contribution in [3.05, 3.63) is 57.8 Å². The van der Waals surface area contributed by atoms with Gasteiger partial charge in [-0.05, 0) is 37.6 Å². The highest BCUT2D eigenvalue weighted by atomic mass is 32.1. The Balaban J connectivity index is 2.10. The number of nitrogens with two attached hydrogens (primary N) is 1. The molecule has 86 valence electrons. The van der Waals surface area contributed by atoms with E-state index in [0.717, 1.165) is 16.9 Å². The summed E-state index contributed by atoms with van der Waals surface area (Å²) >= 11 is 1.73. The molecule has 1 unspecified atom stereocenters. The number of thiophene rings is 1. The Kier molecular flexibility index (Phi) is 3.98. The lowest BCUT2D eigenvalue weighted by Crippen LogP contribution is -2.16. The molecule has 1 aromatic heterocycles. The van der Waals surface area contributed by atoms with Crippen LogP contribution >= 0.6 is 11.3 Å². The van der Waals surface area contributed by atoms with Crippen LogP contribution in [0, 0.1) is 11.8 Å². The van der Waals surface area contributed by atoms with Gasteiger partial charge in [0, 0.05) is 16.5 Å². The van der Waals surface area contributed by atoms with E-state index in [1.807, 2.05) is 37.3 Å². The van der Waals surface area contributed by atoms with Crippen LogP contribution in [0.1, 0.15) is 22.2 Å². The molecule has 0 aliphatic heterocycles. The number of hydrogen-bond donors (Lipinski definition) is 1. The van der Waals surface area contributed by atoms with E-state index in [9.17, 15) is 0 Å². The molecule has 1 atom stereocenters. The van der Waals surface area contributed by atoms with Crippen LogP contribution in [0.3, 0.4) is 0 Å². The average molecular weight is 241 g/mol. The third-order valence-electron chi connectivity index (χ3n) is 2.29.